The molecule has 8 heteroatoms. The van der Waals surface area contributed by atoms with E-state index in [0.717, 1.165) is 49.9 Å². The molecule has 2 aliphatic rings. The van der Waals surface area contributed by atoms with Crippen molar-refractivity contribution in [1.82, 2.24) is 14.9 Å². The third kappa shape index (κ3) is 3.84. The summed E-state index contributed by atoms with van der Waals surface area (Å²) in [5.74, 6) is 0.378. The molecular weight excluding hydrogens is 392 g/mol. The number of aldehydes is 1. The fourth-order valence-corrected chi connectivity index (χ4v) is 4.24. The maximum absolute atomic E-state index is 12.8. The lowest BCUT2D eigenvalue weighted by atomic mass is 9.99. The Kier molecular flexibility index (Phi) is 5.78. The van der Waals surface area contributed by atoms with Crippen LogP contribution < -0.4 is 5.32 Å². The average molecular weight is 415 g/mol. The number of hydrogen-bond acceptors (Lipinski definition) is 6. The van der Waals surface area contributed by atoms with Crippen molar-refractivity contribution in [3.63, 3.8) is 0 Å². The molecule has 1 N–H and O–H groups in total. The van der Waals surface area contributed by atoms with Gasteiger partial charge in [-0.25, -0.2) is 9.97 Å². The van der Waals surface area contributed by atoms with Gasteiger partial charge in [-0.15, -0.1) is 0 Å². The molecule has 3 heterocycles. The smallest absolute Gasteiger partial charge is 0.255 e. The predicted octanol–water partition coefficient (Wildman–Crippen LogP) is 3.49. The van der Waals surface area contributed by atoms with Crippen LogP contribution in [0.5, 0.6) is 0 Å². The highest BCUT2D eigenvalue weighted by molar-refractivity contribution is 6.33. The van der Waals surface area contributed by atoms with Crippen LogP contribution in [0, 0.1) is 0 Å². The SMILES string of the molecule is CCC1c2ccc(-c3nc(NC4CCOCC4)ncc3Cl)cc2C(=O)N1CC=O. The van der Waals surface area contributed by atoms with E-state index in [2.05, 4.69) is 15.3 Å². The lowest BCUT2D eigenvalue weighted by molar-refractivity contribution is -0.108. The van der Waals surface area contributed by atoms with Crippen molar-refractivity contribution in [3.8, 4) is 11.3 Å². The molecule has 2 aromatic rings. The van der Waals surface area contributed by atoms with Gasteiger partial charge in [-0.05, 0) is 30.9 Å². The Balaban J connectivity index is 1.65. The summed E-state index contributed by atoms with van der Waals surface area (Å²) in [5, 5.41) is 3.77. The summed E-state index contributed by atoms with van der Waals surface area (Å²) in [6, 6.07) is 5.86. The first-order chi connectivity index (χ1) is 14.1. The van der Waals surface area contributed by atoms with Crippen LogP contribution in [-0.4, -0.2) is 52.9 Å². The summed E-state index contributed by atoms with van der Waals surface area (Å²) in [6.45, 7) is 3.55. The van der Waals surface area contributed by atoms with E-state index < -0.39 is 0 Å². The fraction of sp³-hybridized carbons (Fsp3) is 0.429. The van der Waals surface area contributed by atoms with E-state index >= 15 is 0 Å². The molecule has 0 aliphatic carbocycles. The van der Waals surface area contributed by atoms with Gasteiger partial charge in [0.15, 0.2) is 0 Å². The van der Waals surface area contributed by atoms with Crippen LogP contribution in [0.25, 0.3) is 11.3 Å². The average Bonchev–Trinajstić information content (AvgIpc) is 3.01. The summed E-state index contributed by atoms with van der Waals surface area (Å²) >= 11 is 6.38. The summed E-state index contributed by atoms with van der Waals surface area (Å²) in [7, 11) is 0. The van der Waals surface area contributed by atoms with Gasteiger partial charge < -0.3 is 19.7 Å². The number of ether oxygens (including phenoxy) is 1. The zero-order valence-electron chi connectivity index (χ0n) is 16.2. The van der Waals surface area contributed by atoms with Gasteiger partial charge in [0.1, 0.15) is 6.29 Å². The summed E-state index contributed by atoms with van der Waals surface area (Å²) < 4.78 is 5.39. The van der Waals surface area contributed by atoms with Crippen LogP contribution in [0.4, 0.5) is 5.95 Å². The Hall–Kier alpha value is -2.51. The maximum Gasteiger partial charge on any atom is 0.255 e. The maximum atomic E-state index is 12.8. The summed E-state index contributed by atoms with van der Waals surface area (Å²) in [6.07, 6.45) is 4.90. The number of hydrogen-bond donors (Lipinski definition) is 1. The Morgan fingerprint density at radius 2 is 2.14 bits per heavy atom. The Morgan fingerprint density at radius 3 is 2.86 bits per heavy atom. The van der Waals surface area contributed by atoms with Crippen LogP contribution in [-0.2, 0) is 9.53 Å². The van der Waals surface area contributed by atoms with E-state index in [1.54, 1.807) is 11.1 Å². The lowest BCUT2D eigenvalue weighted by Gasteiger charge is -2.23. The van der Waals surface area contributed by atoms with Crippen molar-refractivity contribution in [3.05, 3.63) is 40.5 Å². The number of halogens is 1. The minimum atomic E-state index is -0.133. The number of amides is 1. The summed E-state index contributed by atoms with van der Waals surface area (Å²) in [5.41, 5.74) is 2.87. The van der Waals surface area contributed by atoms with E-state index in [0.29, 0.717) is 22.2 Å². The Labute approximate surface area is 174 Å². The quantitative estimate of drug-likeness (QED) is 0.728. The largest absolute Gasteiger partial charge is 0.381 e. The number of fused-ring (bicyclic) bond motifs is 1. The molecule has 1 aromatic heterocycles. The van der Waals surface area contributed by atoms with Gasteiger partial charge in [0, 0.05) is 30.4 Å². The number of carbonyl (C=O) groups is 2. The van der Waals surface area contributed by atoms with Gasteiger partial charge in [0.05, 0.1) is 29.5 Å². The standard InChI is InChI=1S/C21H23ClN4O3/c1-2-18-15-4-3-13(11-16(15)20(28)26(18)7-8-27)19-17(22)12-23-21(25-19)24-14-5-9-29-10-6-14/h3-4,8,11-12,14,18H,2,5-7,9-10H2,1H3,(H,23,24,25). The molecule has 1 unspecified atom stereocenters. The second-order valence-corrected chi connectivity index (χ2v) is 7.68. The van der Waals surface area contributed by atoms with Gasteiger partial charge in [-0.1, -0.05) is 30.7 Å². The van der Waals surface area contributed by atoms with Crippen molar-refractivity contribution < 1.29 is 14.3 Å². The molecule has 0 saturated carbocycles. The highest BCUT2D eigenvalue weighted by Gasteiger charge is 2.35. The second-order valence-electron chi connectivity index (χ2n) is 7.27. The van der Waals surface area contributed by atoms with E-state index in [-0.39, 0.29) is 24.5 Å². The highest BCUT2D eigenvalue weighted by atomic mass is 35.5. The monoisotopic (exact) mass is 414 g/mol. The fourth-order valence-electron chi connectivity index (χ4n) is 4.04. The van der Waals surface area contributed by atoms with E-state index in [9.17, 15) is 9.59 Å². The minimum Gasteiger partial charge on any atom is -0.381 e. The Morgan fingerprint density at radius 1 is 1.34 bits per heavy atom. The third-order valence-electron chi connectivity index (χ3n) is 5.51. The van der Waals surface area contributed by atoms with Gasteiger partial charge in [-0.3, -0.25) is 4.79 Å². The molecule has 0 spiro atoms. The van der Waals surface area contributed by atoms with Crippen LogP contribution in [0.15, 0.2) is 24.4 Å². The van der Waals surface area contributed by atoms with E-state index in [4.69, 9.17) is 16.3 Å². The third-order valence-corrected chi connectivity index (χ3v) is 5.79. The minimum absolute atomic E-state index is 0.0802. The number of aromatic nitrogens is 2. The molecule has 2 aliphatic heterocycles. The molecular formula is C21H23ClN4O3. The van der Waals surface area contributed by atoms with Gasteiger partial charge in [0.25, 0.3) is 5.91 Å². The molecule has 0 radical (unpaired) electrons. The molecule has 1 saturated heterocycles. The summed E-state index contributed by atoms with van der Waals surface area (Å²) in [4.78, 5) is 34.4. The number of nitrogens with one attached hydrogen (secondary N) is 1. The molecule has 29 heavy (non-hydrogen) atoms. The van der Waals surface area contributed by atoms with E-state index in [1.165, 1.54) is 0 Å². The first-order valence-electron chi connectivity index (χ1n) is 9.88. The Bertz CT molecular complexity index is 930. The van der Waals surface area contributed by atoms with Crippen molar-refractivity contribution in [2.75, 3.05) is 25.1 Å². The predicted molar refractivity (Wildman–Crippen MR) is 110 cm³/mol. The highest BCUT2D eigenvalue weighted by Crippen LogP contribution is 2.38. The van der Waals surface area contributed by atoms with Crippen molar-refractivity contribution in [2.45, 2.75) is 38.3 Å². The molecule has 7 nitrogen and oxygen atoms in total. The molecule has 1 fully saturated rings. The number of benzene rings is 1. The first-order valence-corrected chi connectivity index (χ1v) is 10.3. The van der Waals surface area contributed by atoms with Gasteiger partial charge >= 0.3 is 0 Å². The molecule has 1 amide bonds. The zero-order valence-corrected chi connectivity index (χ0v) is 17.0. The van der Waals surface area contributed by atoms with Crippen LogP contribution in [0.1, 0.15) is 48.1 Å². The molecule has 0 bridgehead atoms. The number of carbonyl (C=O) groups excluding carboxylic acids is 2. The number of rotatable bonds is 6. The van der Waals surface area contributed by atoms with Gasteiger partial charge in [-0.2, -0.15) is 0 Å². The van der Waals surface area contributed by atoms with Crippen LogP contribution in [0.3, 0.4) is 0 Å². The first kappa shape index (κ1) is 19.8. The van der Waals surface area contributed by atoms with E-state index in [1.807, 2.05) is 25.1 Å². The normalized spacial score (nSPS) is 19.3. The molecule has 1 atom stereocenters. The molecule has 4 rings (SSSR count). The topological polar surface area (TPSA) is 84.4 Å². The molecule has 152 valence electrons. The number of anilines is 1. The number of nitrogens with zero attached hydrogens (tertiary/aromatic N) is 3. The second kappa shape index (κ2) is 8.47. The molecule has 1 aromatic carbocycles. The van der Waals surface area contributed by atoms with Crippen molar-refractivity contribution in [2.24, 2.45) is 0 Å². The van der Waals surface area contributed by atoms with Crippen LogP contribution >= 0.6 is 11.6 Å². The van der Waals surface area contributed by atoms with Crippen molar-refractivity contribution in [1.29, 1.82) is 0 Å². The van der Waals surface area contributed by atoms with Crippen molar-refractivity contribution >= 4 is 29.7 Å². The van der Waals surface area contributed by atoms with Gasteiger partial charge in [0.2, 0.25) is 5.95 Å². The zero-order chi connectivity index (χ0) is 20.4. The lowest BCUT2D eigenvalue weighted by Crippen LogP contribution is -2.29. The van der Waals surface area contributed by atoms with Crippen LogP contribution in [0.2, 0.25) is 5.02 Å².